The molecule has 17 aromatic carbocycles. The average molecular weight is 1710 g/mol. The van der Waals surface area contributed by atoms with Crippen LogP contribution in [0.5, 0.6) is 5.75 Å². The predicted octanol–water partition coefficient (Wildman–Crippen LogP) is 31.6. The van der Waals surface area contributed by atoms with Crippen LogP contribution in [0.1, 0.15) is 50.1 Å². The molecule has 1 radical (unpaired) electrons. The first-order valence-electron chi connectivity index (χ1n) is 41.3. The largest absolute Gasteiger partial charge is 0.569 e. The highest BCUT2D eigenvalue weighted by Crippen LogP contribution is 2.46. The van der Waals surface area contributed by atoms with E-state index in [2.05, 4.69) is 351 Å². The van der Waals surface area contributed by atoms with Gasteiger partial charge < -0.3 is 36.6 Å². The van der Waals surface area contributed by atoms with E-state index >= 15 is 0 Å². The van der Waals surface area contributed by atoms with E-state index in [0.717, 1.165) is 132 Å². The highest BCUT2D eigenvalue weighted by atomic mass is 79.9. The van der Waals surface area contributed by atoms with Crippen molar-refractivity contribution in [2.75, 3.05) is 0 Å². The van der Waals surface area contributed by atoms with Crippen molar-refractivity contribution in [3.63, 3.8) is 0 Å². The predicted molar refractivity (Wildman–Crippen MR) is 518 cm³/mol. The Hall–Kier alpha value is -13.7. The van der Waals surface area contributed by atoms with Gasteiger partial charge in [0.05, 0.1) is 33.1 Å². The summed E-state index contributed by atoms with van der Waals surface area (Å²) in [5.41, 5.74) is 39.2. The van der Waals surface area contributed by atoms with E-state index in [0.29, 0.717) is 5.75 Å². The Morgan fingerprint density at radius 2 is 0.516 bits per heavy atom. The van der Waals surface area contributed by atoms with Gasteiger partial charge in [-0.05, 0) is 327 Å². The van der Waals surface area contributed by atoms with E-state index in [9.17, 15) is 5.02 Å². The van der Waals surface area contributed by atoms with Gasteiger partial charge in [-0.2, -0.15) is 0 Å². The Kier molecular flexibility index (Phi) is 18.8. The summed E-state index contributed by atoms with van der Waals surface area (Å²) in [5, 5.41) is 23.0. The van der Waals surface area contributed by atoms with Crippen molar-refractivity contribution in [1.29, 1.82) is 0 Å². The molecule has 8 nitrogen and oxygen atoms in total. The lowest BCUT2D eigenvalue weighted by Crippen LogP contribution is -1.99. The highest BCUT2D eigenvalue weighted by molar-refractivity contribution is 9.11. The molecule has 0 aliphatic rings. The maximum atomic E-state index is 9.27. The van der Waals surface area contributed by atoms with Crippen LogP contribution < -0.4 is 4.65 Å². The molecule has 6 heterocycles. The van der Waals surface area contributed by atoms with Crippen LogP contribution in [0.15, 0.2) is 344 Å². The number of benzene rings is 17. The van der Waals surface area contributed by atoms with Gasteiger partial charge in [0.25, 0.3) is 0 Å². The molecule has 0 unspecified atom stereocenters. The smallest absolute Gasteiger partial charge is 0.537 e. The maximum Gasteiger partial charge on any atom is 0.569 e. The molecule has 6 aromatic heterocycles. The quantitative estimate of drug-likeness (QED) is 0.138. The number of furan rings is 3. The second kappa shape index (κ2) is 30.2. The fourth-order valence-corrected chi connectivity index (χ4v) is 20.8. The molecule has 0 saturated heterocycles. The molecule has 0 spiro atoms. The summed E-state index contributed by atoms with van der Waals surface area (Å²) in [5.74, 6) is 0.587. The number of halogens is 2. The van der Waals surface area contributed by atoms with Crippen LogP contribution in [0.25, 0.3) is 204 Å². The minimum atomic E-state index is 0.587. The lowest BCUT2D eigenvalue weighted by Gasteiger charge is -2.13. The number of nitrogens with zero attached hydrogens (tertiary/aromatic N) is 3. The van der Waals surface area contributed by atoms with Gasteiger partial charge in [-0.1, -0.05) is 194 Å². The monoisotopic (exact) mass is 1700 g/mol. The molecule has 0 atom stereocenters. The summed E-state index contributed by atoms with van der Waals surface area (Å²) in [6, 6.07) is 116. The standard InChI is InChI=1S/C72H52N2O2.C33H25BNO3.C6H4Br2/c1-41-30-43(3)71(44(4)31-41)51-20-26-65-59(37-51)57-35-49(18-24-63(57)73(65)53-22-28-69-61(39-53)55-14-7-9-16-67(55)75-69)47-12-11-13-48(34-47)50-19-25-64-58(36-50)60-38-52(72-45(5)32-42(2)33-46(72)6)21-27-66(60)74(64)54-23-29-70-62(40-54)56-15-8-10-17-68(56)76-70;1-19-14-20(2)33(21(3)15-19)22-8-11-29-26(16-22)27-18-24(38-34-36)10-12-30(27)35(29)23-9-13-32-28(17-23)25-6-4-5-7-31(25)37-32;7-5-2-1-3-6(8)4-5/h7-40H,1-6H3;4-18,36H,1-3H3;1-4H. The number of aryl methyl sites for hydroxylation is 9. The molecular weight excluding hydrogens is 1630 g/mol. The summed E-state index contributed by atoms with van der Waals surface area (Å²) in [6.07, 6.45) is 0. The highest BCUT2D eigenvalue weighted by Gasteiger charge is 2.24. The van der Waals surface area contributed by atoms with Crippen LogP contribution in [0, 0.1) is 62.3 Å². The van der Waals surface area contributed by atoms with Crippen molar-refractivity contribution < 1.29 is 22.9 Å². The van der Waals surface area contributed by atoms with Gasteiger partial charge in [-0.15, -0.1) is 0 Å². The molecule has 122 heavy (non-hydrogen) atoms. The third kappa shape index (κ3) is 13.2. The van der Waals surface area contributed by atoms with Crippen molar-refractivity contribution in [3.05, 3.63) is 381 Å². The number of fused-ring (bicyclic) bond motifs is 18. The number of hydrogen-bond acceptors (Lipinski definition) is 5. The van der Waals surface area contributed by atoms with Crippen LogP contribution in [0.3, 0.4) is 0 Å². The summed E-state index contributed by atoms with van der Waals surface area (Å²) in [6.45, 7) is 19.8. The van der Waals surface area contributed by atoms with Crippen molar-refractivity contribution in [3.8, 4) is 78.4 Å². The molecule has 11 heteroatoms. The van der Waals surface area contributed by atoms with Crippen molar-refractivity contribution >= 4 is 171 Å². The fourth-order valence-electron chi connectivity index (χ4n) is 19.6. The minimum absolute atomic E-state index is 0.587. The van der Waals surface area contributed by atoms with Gasteiger partial charge in [-0.3, -0.25) is 0 Å². The van der Waals surface area contributed by atoms with Gasteiger partial charge in [0.15, 0.2) is 0 Å². The van der Waals surface area contributed by atoms with Crippen LogP contribution in [0.2, 0.25) is 0 Å². The van der Waals surface area contributed by atoms with E-state index in [1.165, 1.54) is 138 Å². The molecule has 587 valence electrons. The molecule has 0 bridgehead atoms. The molecule has 0 aliphatic heterocycles. The van der Waals surface area contributed by atoms with E-state index in [4.69, 9.17) is 17.9 Å². The summed E-state index contributed by atoms with van der Waals surface area (Å²) >= 11 is 6.66. The van der Waals surface area contributed by atoms with Crippen LogP contribution in [0.4, 0.5) is 0 Å². The third-order valence-electron chi connectivity index (χ3n) is 24.5. The van der Waals surface area contributed by atoms with Gasteiger partial charge in [-0.25, -0.2) is 0 Å². The average Bonchev–Trinajstić information content (AvgIpc) is 1.58. The first-order valence-corrected chi connectivity index (χ1v) is 42.9. The maximum absolute atomic E-state index is 9.27. The molecular formula is C111H81BBr2N3O5. The Morgan fingerprint density at radius 3 is 0.836 bits per heavy atom. The number of para-hydroxylation sites is 3. The minimum Gasteiger partial charge on any atom is -0.537 e. The Bertz CT molecular complexity index is 7870. The first kappa shape index (κ1) is 75.8. The molecule has 1 N–H and O–H groups in total. The van der Waals surface area contributed by atoms with Gasteiger partial charge in [0, 0.05) is 90.6 Å². The van der Waals surface area contributed by atoms with Crippen LogP contribution in [-0.4, -0.2) is 26.4 Å². The SMILES string of the molecule is Brc1cccc(Br)c1.Cc1cc(C)c(-c2ccc3c(c2)c2cc(-c4cccc(-c5ccc6c(c5)c5cc(-c7c(C)cc(C)cc7C)ccc5n6-c5ccc6oc7ccccc7c6c5)c4)ccc2n3-c2ccc3oc4ccccc4c3c2)c(C)c1.Cc1cc(C)c(-c2ccc3c(c2)c2cc(O[B]O)ccc2n3-c2ccc3oc4ccccc4c3c2)c(C)c1. The van der Waals surface area contributed by atoms with Crippen molar-refractivity contribution in [2.24, 2.45) is 0 Å². The second-order valence-electron chi connectivity index (χ2n) is 32.7. The molecule has 0 amide bonds. The Labute approximate surface area is 723 Å². The van der Waals surface area contributed by atoms with Gasteiger partial charge >= 0.3 is 7.69 Å². The lowest BCUT2D eigenvalue weighted by atomic mass is 9.92. The zero-order valence-corrected chi connectivity index (χ0v) is 72.0. The van der Waals surface area contributed by atoms with E-state index in [1.807, 2.05) is 78.9 Å². The zero-order valence-electron chi connectivity index (χ0n) is 68.9. The molecule has 0 saturated carbocycles. The van der Waals surface area contributed by atoms with Crippen molar-refractivity contribution in [1.82, 2.24) is 13.7 Å². The number of aromatic nitrogens is 3. The van der Waals surface area contributed by atoms with E-state index in [1.54, 1.807) is 0 Å². The Balaban J connectivity index is 0.000000165. The van der Waals surface area contributed by atoms with Crippen molar-refractivity contribution in [2.45, 2.75) is 62.3 Å². The summed E-state index contributed by atoms with van der Waals surface area (Å²) < 4.78 is 33.4. The molecule has 0 aliphatic carbocycles. The Morgan fingerprint density at radius 1 is 0.238 bits per heavy atom. The van der Waals surface area contributed by atoms with Crippen LogP contribution >= 0.6 is 31.9 Å². The lowest BCUT2D eigenvalue weighted by molar-refractivity contribution is 0.454. The third-order valence-corrected chi connectivity index (χ3v) is 25.5. The van der Waals surface area contributed by atoms with Crippen LogP contribution in [-0.2, 0) is 0 Å². The molecule has 23 rings (SSSR count). The summed E-state index contributed by atoms with van der Waals surface area (Å²) in [4.78, 5) is 0. The fraction of sp³-hybridized carbons (Fsp3) is 0.0811. The topological polar surface area (TPSA) is 83.7 Å². The number of hydrogen-bond donors (Lipinski definition) is 1. The van der Waals surface area contributed by atoms with Gasteiger partial charge in [0.2, 0.25) is 0 Å². The normalized spacial score (nSPS) is 11.8. The molecule has 0 fully saturated rings. The second-order valence-corrected chi connectivity index (χ2v) is 34.6. The van der Waals surface area contributed by atoms with E-state index in [-0.39, 0.29) is 0 Å². The zero-order chi connectivity index (χ0) is 83.0. The number of rotatable bonds is 10. The van der Waals surface area contributed by atoms with E-state index < -0.39 is 0 Å². The molecule has 23 aromatic rings. The van der Waals surface area contributed by atoms with Gasteiger partial charge in [0.1, 0.15) is 39.2 Å². The first-order chi connectivity index (χ1) is 59.4. The summed E-state index contributed by atoms with van der Waals surface area (Å²) in [7, 11) is 0.725.